The van der Waals surface area contributed by atoms with Crippen LogP contribution < -0.4 is 10.1 Å². The van der Waals surface area contributed by atoms with Gasteiger partial charge in [-0.1, -0.05) is 18.2 Å². The molecule has 2 amide bonds. The second-order valence-electron chi connectivity index (χ2n) is 4.97. The number of carboxylic acids is 1. The highest BCUT2D eigenvalue weighted by molar-refractivity contribution is 8.00. The maximum Gasteiger partial charge on any atom is 0.327 e. The Morgan fingerprint density at radius 3 is 2.77 bits per heavy atom. The lowest BCUT2D eigenvalue weighted by atomic mass is 10.0. The number of hydrogen-bond acceptors (Lipinski definition) is 5. The van der Waals surface area contributed by atoms with Gasteiger partial charge in [-0.3, -0.25) is 9.59 Å². The van der Waals surface area contributed by atoms with Gasteiger partial charge in [0.05, 0.1) is 0 Å². The second kappa shape index (κ2) is 5.88. The van der Waals surface area contributed by atoms with Crippen LogP contribution in [0.2, 0.25) is 0 Å². The number of amides is 2. The largest absolute Gasteiger partial charge is 0.484 e. The monoisotopic (exact) mass is 322 g/mol. The summed E-state index contributed by atoms with van der Waals surface area (Å²) in [5.41, 5.74) is 0. The van der Waals surface area contributed by atoms with Crippen LogP contribution in [0.15, 0.2) is 30.3 Å². The molecular formula is C14H14N2O5S. The highest BCUT2D eigenvalue weighted by Crippen LogP contribution is 2.39. The van der Waals surface area contributed by atoms with Crippen molar-refractivity contribution in [2.75, 3.05) is 12.4 Å². The smallest absolute Gasteiger partial charge is 0.327 e. The number of β-lactam (4-membered cyclic amide) rings is 1. The molecule has 2 heterocycles. The average Bonchev–Trinajstić information content (AvgIpc) is 2.92. The van der Waals surface area contributed by atoms with Gasteiger partial charge in [0.25, 0.3) is 5.91 Å². The molecule has 0 saturated carbocycles. The topological polar surface area (TPSA) is 95.9 Å². The fourth-order valence-corrected chi connectivity index (χ4v) is 3.94. The van der Waals surface area contributed by atoms with Crippen LogP contribution in [0.4, 0.5) is 0 Å². The molecule has 1 aromatic carbocycles. The number of aliphatic carboxylic acids is 1. The summed E-state index contributed by atoms with van der Waals surface area (Å²) in [4.78, 5) is 36.1. The van der Waals surface area contributed by atoms with Crippen molar-refractivity contribution in [2.24, 2.45) is 0 Å². The molecule has 8 heteroatoms. The number of carbonyl (C=O) groups is 3. The summed E-state index contributed by atoms with van der Waals surface area (Å²) in [5, 5.41) is 11.3. The van der Waals surface area contributed by atoms with Gasteiger partial charge < -0.3 is 20.1 Å². The number of para-hydroxylation sites is 1. The zero-order valence-electron chi connectivity index (χ0n) is 11.5. The van der Waals surface area contributed by atoms with Crippen LogP contribution in [0.25, 0.3) is 0 Å². The molecular weight excluding hydrogens is 308 g/mol. The minimum absolute atomic E-state index is 0.187. The van der Waals surface area contributed by atoms with Crippen molar-refractivity contribution >= 4 is 29.5 Å². The normalized spacial score (nSPS) is 26.1. The summed E-state index contributed by atoms with van der Waals surface area (Å²) in [6.45, 7) is -0.187. The van der Waals surface area contributed by atoms with E-state index in [1.165, 1.54) is 16.7 Å². The van der Waals surface area contributed by atoms with Crippen LogP contribution in [0.3, 0.4) is 0 Å². The summed E-state index contributed by atoms with van der Waals surface area (Å²) in [6, 6.07) is 7.42. The minimum Gasteiger partial charge on any atom is -0.484 e. The summed E-state index contributed by atoms with van der Waals surface area (Å²) in [6.07, 6.45) is 0. The van der Waals surface area contributed by atoms with Crippen LogP contribution in [0.1, 0.15) is 0 Å². The molecule has 0 aromatic heterocycles. The van der Waals surface area contributed by atoms with E-state index in [1.54, 1.807) is 24.3 Å². The molecule has 7 nitrogen and oxygen atoms in total. The Hall–Kier alpha value is -2.22. The van der Waals surface area contributed by atoms with Crippen molar-refractivity contribution in [3.8, 4) is 5.75 Å². The van der Waals surface area contributed by atoms with Crippen molar-refractivity contribution < 1.29 is 24.2 Å². The van der Waals surface area contributed by atoms with Gasteiger partial charge in [0, 0.05) is 5.75 Å². The standard InChI is InChI=1S/C14H14N2O5S/c17-10(6-21-8-4-2-1-3-5-8)15-11-12(18)16-9(14(19)20)7-22-13(11)16/h1-5,9,11,13H,6-7H2,(H,15,17)(H,19,20). The van der Waals surface area contributed by atoms with Gasteiger partial charge in [-0.2, -0.15) is 0 Å². The molecule has 0 aliphatic carbocycles. The Kier molecular flexibility index (Phi) is 3.93. The first kappa shape index (κ1) is 14.7. The fraction of sp³-hybridized carbons (Fsp3) is 0.357. The van der Waals surface area contributed by atoms with Crippen molar-refractivity contribution in [2.45, 2.75) is 17.5 Å². The van der Waals surface area contributed by atoms with Crippen molar-refractivity contribution in [1.82, 2.24) is 10.2 Å². The van der Waals surface area contributed by atoms with E-state index in [0.717, 1.165) is 0 Å². The molecule has 0 bridgehead atoms. The van der Waals surface area contributed by atoms with Gasteiger partial charge in [0.15, 0.2) is 6.61 Å². The van der Waals surface area contributed by atoms with Gasteiger partial charge in [0.1, 0.15) is 23.2 Å². The van der Waals surface area contributed by atoms with E-state index in [2.05, 4.69) is 5.32 Å². The molecule has 2 aliphatic heterocycles. The molecule has 3 unspecified atom stereocenters. The summed E-state index contributed by atoms with van der Waals surface area (Å²) in [5.74, 6) is -0.851. The number of rotatable bonds is 5. The second-order valence-corrected chi connectivity index (χ2v) is 6.12. The lowest BCUT2D eigenvalue weighted by Crippen LogP contribution is -2.70. The number of ether oxygens (including phenoxy) is 1. The Bertz CT molecular complexity index is 609. The zero-order valence-corrected chi connectivity index (χ0v) is 12.3. The van der Waals surface area contributed by atoms with Crippen molar-refractivity contribution in [1.29, 1.82) is 0 Å². The number of hydrogen-bond donors (Lipinski definition) is 2. The van der Waals surface area contributed by atoms with Crippen LogP contribution in [0.5, 0.6) is 5.75 Å². The lowest BCUT2D eigenvalue weighted by Gasteiger charge is -2.43. The number of nitrogens with one attached hydrogen (secondary N) is 1. The van der Waals surface area contributed by atoms with Gasteiger partial charge in [-0.25, -0.2) is 4.79 Å². The fourth-order valence-electron chi connectivity index (χ4n) is 2.47. The lowest BCUT2D eigenvalue weighted by molar-refractivity contribution is -0.159. The Morgan fingerprint density at radius 1 is 1.36 bits per heavy atom. The minimum atomic E-state index is -1.01. The van der Waals surface area contributed by atoms with Crippen molar-refractivity contribution in [3.63, 3.8) is 0 Å². The number of fused-ring (bicyclic) bond motifs is 1. The van der Waals surface area contributed by atoms with E-state index in [9.17, 15) is 14.4 Å². The summed E-state index contributed by atoms with van der Waals surface area (Å²) < 4.78 is 5.31. The van der Waals surface area contributed by atoms with Gasteiger partial charge >= 0.3 is 5.97 Å². The summed E-state index contributed by atoms with van der Waals surface area (Å²) >= 11 is 1.37. The molecule has 2 aliphatic rings. The SMILES string of the molecule is O=C(COc1ccccc1)NC1C(=O)N2C(C(=O)O)CSC12. The number of carbonyl (C=O) groups excluding carboxylic acids is 2. The predicted molar refractivity (Wildman–Crippen MR) is 78.4 cm³/mol. The Labute approximate surface area is 130 Å². The van der Waals surface area contributed by atoms with E-state index in [1.807, 2.05) is 6.07 Å². The Morgan fingerprint density at radius 2 is 2.09 bits per heavy atom. The van der Waals surface area contributed by atoms with Gasteiger partial charge in [-0.15, -0.1) is 11.8 Å². The molecule has 3 atom stereocenters. The van der Waals surface area contributed by atoms with Gasteiger partial charge in [-0.05, 0) is 12.1 Å². The predicted octanol–water partition coefficient (Wildman–Crippen LogP) is -0.0815. The van der Waals surface area contributed by atoms with Crippen LogP contribution >= 0.6 is 11.8 Å². The molecule has 22 heavy (non-hydrogen) atoms. The third-order valence-electron chi connectivity index (χ3n) is 3.56. The summed E-state index contributed by atoms with van der Waals surface area (Å²) in [7, 11) is 0. The third kappa shape index (κ3) is 2.61. The number of thioether (sulfide) groups is 1. The van der Waals surface area contributed by atoms with Crippen LogP contribution in [-0.2, 0) is 14.4 Å². The number of benzene rings is 1. The van der Waals surface area contributed by atoms with E-state index < -0.39 is 24.0 Å². The van der Waals surface area contributed by atoms with Crippen molar-refractivity contribution in [3.05, 3.63) is 30.3 Å². The van der Waals surface area contributed by atoms with Crippen LogP contribution in [0, 0.1) is 0 Å². The highest BCUT2D eigenvalue weighted by Gasteiger charge is 2.57. The number of nitrogens with zero attached hydrogens (tertiary/aromatic N) is 1. The van der Waals surface area contributed by atoms with Gasteiger partial charge in [0.2, 0.25) is 5.91 Å². The molecule has 0 radical (unpaired) electrons. The van der Waals surface area contributed by atoms with E-state index in [-0.39, 0.29) is 17.9 Å². The van der Waals surface area contributed by atoms with E-state index >= 15 is 0 Å². The first-order valence-electron chi connectivity index (χ1n) is 6.72. The highest BCUT2D eigenvalue weighted by atomic mass is 32.2. The third-order valence-corrected chi connectivity index (χ3v) is 4.90. The molecule has 2 N–H and O–H groups in total. The first-order valence-corrected chi connectivity index (χ1v) is 7.76. The molecule has 1 aromatic rings. The van der Waals surface area contributed by atoms with Crippen LogP contribution in [-0.4, -0.2) is 57.6 Å². The Balaban J connectivity index is 1.51. The molecule has 116 valence electrons. The van der Waals surface area contributed by atoms with E-state index in [0.29, 0.717) is 11.5 Å². The van der Waals surface area contributed by atoms with E-state index in [4.69, 9.17) is 9.84 Å². The molecule has 2 saturated heterocycles. The molecule has 0 spiro atoms. The quantitative estimate of drug-likeness (QED) is 0.736. The zero-order chi connectivity index (χ0) is 15.7. The molecule has 2 fully saturated rings. The maximum absolute atomic E-state index is 12.0. The maximum atomic E-state index is 12.0. The first-order chi connectivity index (χ1) is 10.6. The number of carboxylic acid groups (broad SMARTS) is 1. The molecule has 3 rings (SSSR count). The average molecular weight is 322 g/mol.